The number of anilines is 3. The zero-order chi connectivity index (χ0) is 21.9. The van der Waals surface area contributed by atoms with E-state index >= 15 is 0 Å². The van der Waals surface area contributed by atoms with Crippen LogP contribution in [0.2, 0.25) is 0 Å². The maximum absolute atomic E-state index is 9.05. The van der Waals surface area contributed by atoms with Crippen LogP contribution in [-0.4, -0.2) is 53.1 Å². The average molecular weight is 424 g/mol. The molecule has 7 heteroatoms. The van der Waals surface area contributed by atoms with Gasteiger partial charge in [-0.25, -0.2) is 4.98 Å². The Morgan fingerprint density at radius 2 is 1.84 bits per heavy atom. The lowest BCUT2D eigenvalue weighted by Crippen LogP contribution is -2.44. The number of nitriles is 1. The van der Waals surface area contributed by atoms with Crippen molar-refractivity contribution in [2.75, 3.05) is 43.4 Å². The number of fused-ring (bicyclic) bond motifs is 1. The molecule has 4 aromatic rings. The molecule has 0 radical (unpaired) electrons. The van der Waals surface area contributed by atoms with Crippen molar-refractivity contribution in [1.29, 1.82) is 5.26 Å². The Labute approximate surface area is 187 Å². The van der Waals surface area contributed by atoms with Crippen molar-refractivity contribution in [3.05, 3.63) is 66.4 Å². The number of piperazine rings is 1. The van der Waals surface area contributed by atoms with Crippen LogP contribution in [0.3, 0.4) is 0 Å². The summed E-state index contributed by atoms with van der Waals surface area (Å²) in [5.74, 6) is 0.535. The molecular formula is C25H25N7. The topological polar surface area (TPSA) is 83.9 Å². The third kappa shape index (κ3) is 4.13. The zero-order valence-electron chi connectivity index (χ0n) is 18.0. The molecule has 0 saturated carbocycles. The summed E-state index contributed by atoms with van der Waals surface area (Å²) < 4.78 is 0. The van der Waals surface area contributed by atoms with Gasteiger partial charge in [0, 0.05) is 54.7 Å². The first-order chi connectivity index (χ1) is 15.7. The number of benzene rings is 2. The van der Waals surface area contributed by atoms with Crippen LogP contribution in [0.15, 0.2) is 60.8 Å². The Balaban J connectivity index is 1.42. The summed E-state index contributed by atoms with van der Waals surface area (Å²) in [6.07, 6.45) is 2.25. The Morgan fingerprint density at radius 1 is 1.03 bits per heavy atom. The minimum Gasteiger partial charge on any atom is -0.369 e. The third-order valence-corrected chi connectivity index (χ3v) is 5.89. The average Bonchev–Trinajstić information content (AvgIpc) is 3.29. The number of aromatic nitrogens is 3. The molecule has 32 heavy (non-hydrogen) atoms. The number of hydrogen-bond donors (Lipinski definition) is 2. The maximum atomic E-state index is 9.05. The molecule has 160 valence electrons. The summed E-state index contributed by atoms with van der Waals surface area (Å²) >= 11 is 0. The van der Waals surface area contributed by atoms with E-state index in [-0.39, 0.29) is 0 Å². The molecular weight excluding hydrogens is 398 g/mol. The molecule has 3 heterocycles. The van der Waals surface area contributed by atoms with Crippen molar-refractivity contribution in [3.63, 3.8) is 0 Å². The van der Waals surface area contributed by atoms with Crippen molar-refractivity contribution < 1.29 is 0 Å². The number of likely N-dealkylation sites (N-methyl/N-ethyl adjacent to an activating group) is 1. The van der Waals surface area contributed by atoms with Gasteiger partial charge in [-0.05, 0) is 49.0 Å². The van der Waals surface area contributed by atoms with Gasteiger partial charge < -0.3 is 20.1 Å². The van der Waals surface area contributed by atoms with Crippen molar-refractivity contribution in [2.45, 2.75) is 6.42 Å². The summed E-state index contributed by atoms with van der Waals surface area (Å²) in [6, 6.07) is 20.6. The van der Waals surface area contributed by atoms with E-state index in [0.29, 0.717) is 12.4 Å². The molecule has 0 aliphatic carbocycles. The Hall–Kier alpha value is -3.89. The first kappa shape index (κ1) is 20.0. The van der Waals surface area contributed by atoms with Crippen LogP contribution in [0.5, 0.6) is 0 Å². The molecule has 7 nitrogen and oxygen atoms in total. The number of H-pyrrole nitrogens is 1. The van der Waals surface area contributed by atoms with E-state index in [0.717, 1.165) is 59.7 Å². The fourth-order valence-electron chi connectivity index (χ4n) is 4.09. The molecule has 1 saturated heterocycles. The van der Waals surface area contributed by atoms with Crippen LogP contribution in [0.1, 0.15) is 5.56 Å². The lowest BCUT2D eigenvalue weighted by Gasteiger charge is -2.34. The van der Waals surface area contributed by atoms with Gasteiger partial charge in [0.25, 0.3) is 0 Å². The molecule has 1 aliphatic rings. The Bertz CT molecular complexity index is 1260. The Kier molecular flexibility index (Phi) is 5.44. The highest BCUT2D eigenvalue weighted by atomic mass is 15.2. The fraction of sp³-hybridized carbons (Fsp3) is 0.240. The molecule has 0 amide bonds. The van der Waals surface area contributed by atoms with Crippen LogP contribution >= 0.6 is 0 Å². The standard InChI is InChI=1S/C25H25N7/c1-31-13-15-32(16-14-31)21-7-5-20(6-8-21)28-25-29-23(22-10-12-27-24(22)30-25)19-4-2-3-18(17-19)9-11-26/h2-8,10,12,17H,9,13-16H2,1H3,(H2,27,28,29,30). The smallest absolute Gasteiger partial charge is 0.229 e. The second-order valence-electron chi connectivity index (χ2n) is 8.13. The predicted molar refractivity (Wildman–Crippen MR) is 128 cm³/mol. The van der Waals surface area contributed by atoms with Crippen LogP contribution in [0, 0.1) is 11.3 Å². The highest BCUT2D eigenvalue weighted by molar-refractivity contribution is 5.92. The number of hydrogen-bond acceptors (Lipinski definition) is 6. The molecule has 0 atom stereocenters. The van der Waals surface area contributed by atoms with Crippen LogP contribution < -0.4 is 10.2 Å². The molecule has 0 bridgehead atoms. The summed E-state index contributed by atoms with van der Waals surface area (Å²) in [5.41, 5.74) is 5.74. The monoisotopic (exact) mass is 423 g/mol. The molecule has 0 spiro atoms. The maximum Gasteiger partial charge on any atom is 0.229 e. The summed E-state index contributed by atoms with van der Waals surface area (Å²) in [7, 11) is 2.17. The summed E-state index contributed by atoms with van der Waals surface area (Å²) in [4.78, 5) is 17.4. The molecule has 2 aromatic heterocycles. The minimum atomic E-state index is 0.375. The quantitative estimate of drug-likeness (QED) is 0.501. The van der Waals surface area contributed by atoms with Gasteiger partial charge in [-0.3, -0.25) is 0 Å². The lowest BCUT2D eigenvalue weighted by molar-refractivity contribution is 0.313. The van der Waals surface area contributed by atoms with Gasteiger partial charge in [-0.1, -0.05) is 18.2 Å². The number of rotatable bonds is 5. The Morgan fingerprint density at radius 3 is 2.62 bits per heavy atom. The fourth-order valence-corrected chi connectivity index (χ4v) is 4.09. The van der Waals surface area contributed by atoms with Gasteiger partial charge in [0.15, 0.2) is 0 Å². The van der Waals surface area contributed by atoms with E-state index in [9.17, 15) is 0 Å². The highest BCUT2D eigenvalue weighted by Crippen LogP contribution is 2.29. The van der Waals surface area contributed by atoms with Crippen molar-refractivity contribution in [3.8, 4) is 17.3 Å². The van der Waals surface area contributed by atoms with E-state index in [2.05, 4.69) is 62.5 Å². The van der Waals surface area contributed by atoms with Gasteiger partial charge in [0.1, 0.15) is 5.65 Å². The van der Waals surface area contributed by atoms with Crippen molar-refractivity contribution >= 4 is 28.4 Å². The van der Waals surface area contributed by atoms with Gasteiger partial charge in [0.05, 0.1) is 18.2 Å². The number of nitrogens with zero attached hydrogens (tertiary/aromatic N) is 5. The molecule has 0 unspecified atom stereocenters. The van der Waals surface area contributed by atoms with E-state index in [1.165, 1.54) is 5.69 Å². The molecule has 1 aliphatic heterocycles. The number of nitrogens with one attached hydrogen (secondary N) is 2. The van der Waals surface area contributed by atoms with E-state index in [1.54, 1.807) is 0 Å². The molecule has 5 rings (SSSR count). The first-order valence-corrected chi connectivity index (χ1v) is 10.8. The van der Waals surface area contributed by atoms with Crippen LogP contribution in [0.25, 0.3) is 22.3 Å². The molecule has 2 N–H and O–H groups in total. The second-order valence-corrected chi connectivity index (χ2v) is 8.13. The summed E-state index contributed by atoms with van der Waals surface area (Å²) in [5, 5.41) is 13.4. The predicted octanol–water partition coefficient (Wildman–Crippen LogP) is 4.19. The van der Waals surface area contributed by atoms with E-state index < -0.39 is 0 Å². The van der Waals surface area contributed by atoms with Gasteiger partial charge in [-0.2, -0.15) is 10.2 Å². The van der Waals surface area contributed by atoms with Crippen molar-refractivity contribution in [1.82, 2.24) is 19.9 Å². The van der Waals surface area contributed by atoms with Gasteiger partial charge in [-0.15, -0.1) is 0 Å². The number of aromatic amines is 1. The van der Waals surface area contributed by atoms with E-state index in [4.69, 9.17) is 10.2 Å². The third-order valence-electron chi connectivity index (χ3n) is 5.89. The zero-order valence-corrected chi connectivity index (χ0v) is 18.0. The second kappa shape index (κ2) is 8.69. The van der Waals surface area contributed by atoms with Crippen LogP contribution in [-0.2, 0) is 6.42 Å². The largest absolute Gasteiger partial charge is 0.369 e. The lowest BCUT2D eigenvalue weighted by atomic mass is 10.0. The summed E-state index contributed by atoms with van der Waals surface area (Å²) in [6.45, 7) is 4.26. The minimum absolute atomic E-state index is 0.375. The molecule has 1 fully saturated rings. The molecule has 2 aromatic carbocycles. The normalized spacial score (nSPS) is 14.4. The van der Waals surface area contributed by atoms with Gasteiger partial charge >= 0.3 is 0 Å². The SMILES string of the molecule is CN1CCN(c2ccc(Nc3nc(-c4cccc(CC#N)c4)c4cc[nH]c4n3)cc2)CC1. The van der Waals surface area contributed by atoms with Gasteiger partial charge in [0.2, 0.25) is 5.95 Å². The highest BCUT2D eigenvalue weighted by Gasteiger charge is 2.15. The first-order valence-electron chi connectivity index (χ1n) is 10.8. The van der Waals surface area contributed by atoms with E-state index in [1.807, 2.05) is 36.5 Å². The van der Waals surface area contributed by atoms with Crippen molar-refractivity contribution in [2.24, 2.45) is 0 Å². The van der Waals surface area contributed by atoms with Crippen LogP contribution in [0.4, 0.5) is 17.3 Å².